The van der Waals surface area contributed by atoms with Gasteiger partial charge in [0.1, 0.15) is 5.75 Å². The van der Waals surface area contributed by atoms with Gasteiger partial charge in [-0.15, -0.1) is 12.4 Å². The number of nitrogens with one attached hydrogen (secondary N) is 2. The fourth-order valence-electron chi connectivity index (χ4n) is 1.50. The summed E-state index contributed by atoms with van der Waals surface area (Å²) < 4.78 is 0. The van der Waals surface area contributed by atoms with Gasteiger partial charge in [-0.1, -0.05) is 13.8 Å². The minimum Gasteiger partial charge on any atom is -0.508 e. The quantitative estimate of drug-likeness (QED) is 0.578. The summed E-state index contributed by atoms with van der Waals surface area (Å²) in [5.41, 5.74) is 6.14. The van der Waals surface area contributed by atoms with Gasteiger partial charge in [0, 0.05) is 18.7 Å². The molecule has 7 heteroatoms. The summed E-state index contributed by atoms with van der Waals surface area (Å²) in [4.78, 5) is 23.3. The molecule has 0 saturated heterocycles. The summed E-state index contributed by atoms with van der Waals surface area (Å²) in [6.07, 6.45) is 0. The van der Waals surface area contributed by atoms with Crippen molar-refractivity contribution < 1.29 is 14.7 Å². The van der Waals surface area contributed by atoms with E-state index in [-0.39, 0.29) is 35.9 Å². The number of phenolic OH excluding ortho intramolecular Hbond substituents is 1. The van der Waals surface area contributed by atoms with Gasteiger partial charge in [-0.2, -0.15) is 0 Å². The second-order valence-electron chi connectivity index (χ2n) is 4.86. The molecule has 0 spiro atoms. The maximum Gasteiger partial charge on any atom is 0.251 e. The van der Waals surface area contributed by atoms with Gasteiger partial charge in [-0.25, -0.2) is 0 Å². The van der Waals surface area contributed by atoms with Crippen LogP contribution < -0.4 is 16.4 Å². The third-order valence-corrected chi connectivity index (χ3v) is 2.86. The number of hydrogen-bond acceptors (Lipinski definition) is 4. The molecule has 0 radical (unpaired) electrons. The van der Waals surface area contributed by atoms with E-state index in [9.17, 15) is 9.59 Å². The van der Waals surface area contributed by atoms with Gasteiger partial charge in [0.2, 0.25) is 5.91 Å². The lowest BCUT2D eigenvalue weighted by molar-refractivity contribution is -0.123. The molecule has 0 unspecified atom stereocenters. The summed E-state index contributed by atoms with van der Waals surface area (Å²) in [6, 6.07) is 5.40. The van der Waals surface area contributed by atoms with Crippen molar-refractivity contribution in [3.8, 4) is 5.75 Å². The lowest BCUT2D eigenvalue weighted by Gasteiger charge is -2.15. The van der Waals surface area contributed by atoms with Crippen LogP contribution in [0.25, 0.3) is 0 Å². The van der Waals surface area contributed by atoms with Crippen LogP contribution in [0.1, 0.15) is 24.2 Å². The van der Waals surface area contributed by atoms with Crippen LogP contribution in [-0.4, -0.2) is 36.1 Å². The van der Waals surface area contributed by atoms with E-state index in [1.54, 1.807) is 0 Å². The number of nitrogens with two attached hydrogens (primary N) is 1. The van der Waals surface area contributed by atoms with Crippen LogP contribution in [-0.2, 0) is 4.79 Å². The fraction of sp³-hybridized carbons (Fsp3) is 0.429. The second-order valence-corrected chi connectivity index (χ2v) is 4.86. The first-order valence-electron chi connectivity index (χ1n) is 6.52. The van der Waals surface area contributed by atoms with Crippen LogP contribution in [0, 0.1) is 5.92 Å². The van der Waals surface area contributed by atoms with Crippen molar-refractivity contribution in [1.82, 2.24) is 10.6 Å². The van der Waals surface area contributed by atoms with Crippen LogP contribution in [0.3, 0.4) is 0 Å². The van der Waals surface area contributed by atoms with E-state index in [2.05, 4.69) is 10.6 Å². The van der Waals surface area contributed by atoms with Gasteiger partial charge in [0.15, 0.2) is 0 Å². The number of aromatic hydroxyl groups is 1. The molecular formula is C14H22ClN3O3. The lowest BCUT2D eigenvalue weighted by atomic mass is 10.1. The molecule has 0 aromatic heterocycles. The molecule has 2 amide bonds. The molecule has 118 valence electrons. The average Bonchev–Trinajstić information content (AvgIpc) is 2.42. The Morgan fingerprint density at radius 3 is 2.19 bits per heavy atom. The summed E-state index contributed by atoms with van der Waals surface area (Å²) in [7, 11) is 0. The van der Waals surface area contributed by atoms with E-state index >= 15 is 0 Å². The number of rotatable bonds is 6. The molecule has 21 heavy (non-hydrogen) atoms. The number of carbonyl (C=O) groups is 2. The van der Waals surface area contributed by atoms with E-state index in [0.717, 1.165) is 0 Å². The van der Waals surface area contributed by atoms with Crippen LogP contribution in [0.5, 0.6) is 5.75 Å². The lowest BCUT2D eigenvalue weighted by Crippen LogP contribution is -2.46. The predicted octanol–water partition coefficient (Wildman–Crippen LogP) is 0.643. The maximum atomic E-state index is 11.7. The van der Waals surface area contributed by atoms with Crippen molar-refractivity contribution in [3.63, 3.8) is 0 Å². The van der Waals surface area contributed by atoms with Gasteiger partial charge >= 0.3 is 0 Å². The standard InChI is InChI=1S/C14H21N3O3.ClH/c1-9(2)12(15)14(20)17-8-7-16-13(19)10-3-5-11(18)6-4-10;/h3-6,9,12,18H,7-8,15H2,1-2H3,(H,16,19)(H,17,20);1H/t12-;/m0./s1. The van der Waals surface area contributed by atoms with Crippen LogP contribution in [0.2, 0.25) is 0 Å². The number of phenols is 1. The molecule has 0 saturated carbocycles. The molecule has 6 nitrogen and oxygen atoms in total. The third-order valence-electron chi connectivity index (χ3n) is 2.86. The molecule has 1 aromatic rings. The molecule has 0 bridgehead atoms. The highest BCUT2D eigenvalue weighted by molar-refractivity contribution is 5.94. The first kappa shape index (κ1) is 19.2. The number of amides is 2. The van der Waals surface area contributed by atoms with Gasteiger partial charge in [-0.3, -0.25) is 9.59 Å². The number of carbonyl (C=O) groups excluding carboxylic acids is 2. The van der Waals surface area contributed by atoms with Crippen molar-refractivity contribution in [2.75, 3.05) is 13.1 Å². The van der Waals surface area contributed by atoms with E-state index in [0.29, 0.717) is 18.7 Å². The number of benzene rings is 1. The normalized spacial score (nSPS) is 11.4. The van der Waals surface area contributed by atoms with Gasteiger partial charge in [0.25, 0.3) is 5.91 Å². The molecule has 0 heterocycles. The van der Waals surface area contributed by atoms with Crippen molar-refractivity contribution >= 4 is 24.2 Å². The third kappa shape index (κ3) is 6.46. The number of hydrogen-bond donors (Lipinski definition) is 4. The molecule has 1 rings (SSSR count). The average molecular weight is 316 g/mol. The highest BCUT2D eigenvalue weighted by Gasteiger charge is 2.16. The minimum absolute atomic E-state index is 0. The van der Waals surface area contributed by atoms with Crippen LogP contribution in [0.4, 0.5) is 0 Å². The van der Waals surface area contributed by atoms with E-state index in [4.69, 9.17) is 10.8 Å². The zero-order valence-electron chi connectivity index (χ0n) is 12.1. The monoisotopic (exact) mass is 315 g/mol. The van der Waals surface area contributed by atoms with E-state index in [1.165, 1.54) is 24.3 Å². The summed E-state index contributed by atoms with van der Waals surface area (Å²) >= 11 is 0. The number of halogens is 1. The van der Waals surface area contributed by atoms with Gasteiger partial charge in [0.05, 0.1) is 6.04 Å². The topological polar surface area (TPSA) is 104 Å². The molecule has 5 N–H and O–H groups in total. The first-order valence-corrected chi connectivity index (χ1v) is 6.52. The smallest absolute Gasteiger partial charge is 0.251 e. The highest BCUT2D eigenvalue weighted by Crippen LogP contribution is 2.09. The molecule has 0 fully saturated rings. The molecule has 1 aromatic carbocycles. The van der Waals surface area contributed by atoms with Crippen molar-refractivity contribution in [2.45, 2.75) is 19.9 Å². The van der Waals surface area contributed by atoms with E-state index in [1.807, 2.05) is 13.8 Å². The largest absolute Gasteiger partial charge is 0.508 e. The molecule has 0 aliphatic carbocycles. The molecular weight excluding hydrogens is 294 g/mol. The fourth-order valence-corrected chi connectivity index (χ4v) is 1.50. The Labute approximate surface area is 130 Å². The maximum absolute atomic E-state index is 11.7. The van der Waals surface area contributed by atoms with Crippen molar-refractivity contribution in [3.05, 3.63) is 29.8 Å². The van der Waals surface area contributed by atoms with Crippen molar-refractivity contribution in [2.24, 2.45) is 11.7 Å². The SMILES string of the molecule is CC(C)[C@H](N)C(=O)NCCNC(=O)c1ccc(O)cc1.Cl. The predicted molar refractivity (Wildman–Crippen MR) is 83.5 cm³/mol. The van der Waals surface area contributed by atoms with Crippen molar-refractivity contribution in [1.29, 1.82) is 0 Å². The van der Waals surface area contributed by atoms with Gasteiger partial charge in [-0.05, 0) is 30.2 Å². The van der Waals surface area contributed by atoms with Gasteiger partial charge < -0.3 is 21.5 Å². The molecule has 0 aliphatic rings. The second kappa shape index (κ2) is 9.20. The van der Waals surface area contributed by atoms with Crippen LogP contribution in [0.15, 0.2) is 24.3 Å². The molecule has 1 atom stereocenters. The summed E-state index contributed by atoms with van der Waals surface area (Å²) in [5, 5.41) is 14.4. The zero-order valence-corrected chi connectivity index (χ0v) is 12.9. The first-order chi connectivity index (χ1) is 9.41. The Balaban J connectivity index is 0.00000400. The Kier molecular flexibility index (Phi) is 8.42. The highest BCUT2D eigenvalue weighted by atomic mass is 35.5. The minimum atomic E-state index is -0.539. The Bertz CT molecular complexity index is 463. The summed E-state index contributed by atoms with van der Waals surface area (Å²) in [6.45, 7) is 4.38. The Morgan fingerprint density at radius 2 is 1.67 bits per heavy atom. The van der Waals surface area contributed by atoms with Crippen LogP contribution >= 0.6 is 12.4 Å². The van der Waals surface area contributed by atoms with E-state index < -0.39 is 6.04 Å². The summed E-state index contributed by atoms with van der Waals surface area (Å²) in [5.74, 6) is -0.302. The molecule has 0 aliphatic heterocycles. The Hall–Kier alpha value is -1.79. The zero-order chi connectivity index (χ0) is 15.1. The Morgan fingerprint density at radius 1 is 1.14 bits per heavy atom.